The average molecular weight is 751 g/mol. The third kappa shape index (κ3) is 8.55. The molecular weight excluding hydrogens is 694 g/mol. The molecule has 1 aromatic heterocycles. The quantitative estimate of drug-likeness (QED) is 0.256. The van der Waals surface area contributed by atoms with Gasteiger partial charge in [-0.15, -0.1) is 6.04 Å². The fourth-order valence-corrected chi connectivity index (χ4v) is 8.47. The number of benzene rings is 1. The number of carbonyl (C=O) groups is 4. The maximum absolute atomic E-state index is 14.4. The molecule has 3 saturated heterocycles. The molecule has 0 unspecified atom stereocenters. The lowest BCUT2D eigenvalue weighted by Crippen LogP contribution is -2.59. The molecule has 5 rings (SSSR count). The second-order valence-corrected chi connectivity index (χ2v) is 15.6. The van der Waals surface area contributed by atoms with E-state index in [9.17, 15) is 24.3 Å². The number of Topliss-reactive ketones (excluding diaryl/α,β-unsaturated/α-hetero) is 2. The standard InChI is InChI=1S/C41H56N3O10/c1-10-31-41(8)35(44-39(49)54-41)24(4)32(45)22(2)20-40(7,50-17-13-14-27-19-28-15-11-12-16-29(28)43-21-27)36(25(5)33(46)26(6)37(48)52-31)53-38-34(47)30(42-9)18-23(3)51-38/h11-16,19,21-26,30-31,34-36,38,47H,10,17-18,20H2,1-9H3,(H,44,49)/q-1/b14-13+/t22-,23-,24+,25+,26-,30+,31-,34-,35-,36-,38+,40-,41-/m1/s1. The average Bonchev–Trinajstić information content (AvgIpc) is 3.47. The summed E-state index contributed by atoms with van der Waals surface area (Å²) >= 11 is 0. The van der Waals surface area contributed by atoms with Crippen molar-refractivity contribution in [3.8, 4) is 0 Å². The zero-order chi connectivity index (χ0) is 39.5. The van der Waals surface area contributed by atoms with E-state index in [1.165, 1.54) is 6.92 Å². The summed E-state index contributed by atoms with van der Waals surface area (Å²) < 4.78 is 31.1. The Balaban J connectivity index is 1.55. The number of aliphatic hydroxyl groups is 1. The van der Waals surface area contributed by atoms with Gasteiger partial charge in [-0.3, -0.25) is 19.4 Å². The fourth-order valence-electron chi connectivity index (χ4n) is 8.47. The van der Waals surface area contributed by atoms with E-state index in [1.807, 2.05) is 49.4 Å². The van der Waals surface area contributed by atoms with Crippen LogP contribution in [0.3, 0.4) is 0 Å². The molecular formula is C41H56N3O10-. The number of carbonyl (C=O) groups excluding carboxylic acids is 4. The predicted molar refractivity (Wildman–Crippen MR) is 201 cm³/mol. The highest BCUT2D eigenvalue weighted by molar-refractivity contribution is 6.00. The Kier molecular flexibility index (Phi) is 13.0. The number of alkyl carbamates (subject to hydrolysis) is 1. The van der Waals surface area contributed by atoms with E-state index in [1.54, 1.807) is 54.8 Å². The largest absolute Gasteiger partial charge is 0.660 e. The van der Waals surface area contributed by atoms with E-state index in [4.69, 9.17) is 23.7 Å². The Hall–Kier alpha value is -3.75. The van der Waals surface area contributed by atoms with Gasteiger partial charge in [-0.25, -0.2) is 4.79 Å². The molecule has 13 atom stereocenters. The minimum absolute atomic E-state index is 0.0539. The number of para-hydroxylation sites is 1. The first kappa shape index (κ1) is 41.4. The third-order valence-electron chi connectivity index (χ3n) is 11.6. The second-order valence-electron chi connectivity index (χ2n) is 15.6. The van der Waals surface area contributed by atoms with E-state index in [-0.39, 0.29) is 31.3 Å². The number of hydrogen-bond acceptors (Lipinski definition) is 11. The van der Waals surface area contributed by atoms with Crippen molar-refractivity contribution >= 4 is 40.6 Å². The molecule has 2 N–H and O–H groups in total. The number of rotatable bonds is 8. The highest BCUT2D eigenvalue weighted by Gasteiger charge is 2.57. The molecule has 13 nitrogen and oxygen atoms in total. The SMILES string of the molecule is CC[C@H]1OC(=O)[C@H](C)C(=O)[C@H](C)[C@@H](O[C@@H]2O[C@H](C)C[C@H]([N-]C)[C@H]2O)[C@](C)(OC/C=C/c2cnc3ccccc3c2)C[C@@H](C)C(=O)[C@H](C)[C@H]2NC(=O)O[C@@]21C. The summed E-state index contributed by atoms with van der Waals surface area (Å²) in [5.41, 5.74) is -1.02. The van der Waals surface area contributed by atoms with E-state index < -0.39 is 89.4 Å². The number of nitrogens with one attached hydrogen (secondary N) is 1. The number of nitrogens with zero attached hydrogens (tertiary/aromatic N) is 2. The molecule has 3 aliphatic rings. The monoisotopic (exact) mass is 750 g/mol. The first-order valence-electron chi connectivity index (χ1n) is 19.0. The Bertz CT molecular complexity index is 1720. The Morgan fingerprint density at radius 1 is 1.06 bits per heavy atom. The van der Waals surface area contributed by atoms with Crippen LogP contribution in [-0.4, -0.2) is 101 Å². The van der Waals surface area contributed by atoms with Gasteiger partial charge in [0.15, 0.2) is 17.7 Å². The molecule has 13 heteroatoms. The lowest BCUT2D eigenvalue weighted by Gasteiger charge is -2.48. The summed E-state index contributed by atoms with van der Waals surface area (Å²) in [5, 5.41) is 19.5. The van der Waals surface area contributed by atoms with Crippen molar-refractivity contribution in [3.63, 3.8) is 0 Å². The Morgan fingerprint density at radius 2 is 1.78 bits per heavy atom. The van der Waals surface area contributed by atoms with Gasteiger partial charge in [-0.05, 0) is 64.7 Å². The van der Waals surface area contributed by atoms with Crippen LogP contribution in [0.1, 0.15) is 80.2 Å². The van der Waals surface area contributed by atoms with Crippen LogP contribution < -0.4 is 5.32 Å². The van der Waals surface area contributed by atoms with Crippen molar-refractivity contribution in [3.05, 3.63) is 53.5 Å². The number of likely N-dealkylation sites (N-methyl/N-ethyl adjacent to an activating group) is 1. The molecule has 0 spiro atoms. The van der Waals surface area contributed by atoms with Gasteiger partial charge in [0.2, 0.25) is 0 Å². The predicted octanol–water partition coefficient (Wildman–Crippen LogP) is 5.55. The van der Waals surface area contributed by atoms with Gasteiger partial charge in [-0.1, -0.05) is 58.0 Å². The van der Waals surface area contributed by atoms with Gasteiger partial charge in [0.05, 0.1) is 42.1 Å². The summed E-state index contributed by atoms with van der Waals surface area (Å²) in [6.07, 6.45) is 0.840. The molecule has 3 aliphatic heterocycles. The number of pyridine rings is 1. The van der Waals surface area contributed by atoms with Crippen LogP contribution in [0.15, 0.2) is 42.6 Å². The second kappa shape index (κ2) is 16.9. The van der Waals surface area contributed by atoms with Gasteiger partial charge in [0.25, 0.3) is 0 Å². The lowest BCUT2D eigenvalue weighted by molar-refractivity contribution is -0.288. The Labute approximate surface area is 317 Å². The topological polar surface area (TPSA) is 174 Å². The number of esters is 1. The summed E-state index contributed by atoms with van der Waals surface area (Å²) in [4.78, 5) is 59.7. The lowest BCUT2D eigenvalue weighted by atomic mass is 9.73. The van der Waals surface area contributed by atoms with Crippen LogP contribution in [0, 0.1) is 23.7 Å². The van der Waals surface area contributed by atoms with Crippen LogP contribution in [0.4, 0.5) is 4.79 Å². The summed E-state index contributed by atoms with van der Waals surface area (Å²) in [7, 11) is 1.62. The molecule has 0 saturated carbocycles. The van der Waals surface area contributed by atoms with Crippen LogP contribution in [0.25, 0.3) is 22.3 Å². The maximum Gasteiger partial charge on any atom is 0.408 e. The molecule has 1 aromatic carbocycles. The van der Waals surface area contributed by atoms with Crippen LogP contribution in [0.5, 0.6) is 0 Å². The van der Waals surface area contributed by atoms with Crippen LogP contribution in [-0.2, 0) is 38.1 Å². The van der Waals surface area contributed by atoms with Gasteiger partial charge in [0, 0.05) is 29.3 Å². The molecule has 4 heterocycles. The van der Waals surface area contributed by atoms with Crippen LogP contribution >= 0.6 is 0 Å². The number of amides is 1. The number of aromatic nitrogens is 1. The molecule has 0 radical (unpaired) electrons. The Morgan fingerprint density at radius 3 is 2.48 bits per heavy atom. The van der Waals surface area contributed by atoms with Crippen molar-refractivity contribution in [1.82, 2.24) is 10.3 Å². The van der Waals surface area contributed by atoms with E-state index in [2.05, 4.69) is 15.6 Å². The number of ketones is 2. The summed E-state index contributed by atoms with van der Waals surface area (Å²) in [6, 6.07) is 8.50. The zero-order valence-electron chi connectivity index (χ0n) is 32.8. The molecule has 3 fully saturated rings. The van der Waals surface area contributed by atoms with Crippen molar-refractivity contribution in [2.45, 2.75) is 129 Å². The summed E-state index contributed by atoms with van der Waals surface area (Å²) in [5.74, 6) is -5.17. The molecule has 1 amide bonds. The van der Waals surface area contributed by atoms with E-state index in [0.717, 1.165) is 16.5 Å². The highest BCUT2D eigenvalue weighted by Crippen LogP contribution is 2.40. The van der Waals surface area contributed by atoms with Crippen molar-refractivity contribution in [2.75, 3.05) is 13.7 Å². The van der Waals surface area contributed by atoms with Crippen LogP contribution in [0.2, 0.25) is 0 Å². The van der Waals surface area contributed by atoms with Crippen molar-refractivity contribution in [1.29, 1.82) is 0 Å². The minimum atomic E-state index is -1.38. The minimum Gasteiger partial charge on any atom is -0.660 e. The number of aliphatic hydroxyl groups excluding tert-OH is 1. The number of ether oxygens (including phenoxy) is 5. The van der Waals surface area contributed by atoms with Crippen molar-refractivity contribution in [2.24, 2.45) is 23.7 Å². The number of cyclic esters (lactones) is 1. The van der Waals surface area contributed by atoms with Gasteiger partial charge in [-0.2, -0.15) is 7.05 Å². The number of hydrogen-bond donors (Lipinski definition) is 2. The molecule has 0 bridgehead atoms. The van der Waals surface area contributed by atoms with E-state index in [0.29, 0.717) is 6.42 Å². The molecule has 54 heavy (non-hydrogen) atoms. The van der Waals surface area contributed by atoms with Gasteiger partial charge in [0.1, 0.15) is 17.8 Å². The third-order valence-corrected chi connectivity index (χ3v) is 11.6. The normalized spacial score (nSPS) is 38.4. The summed E-state index contributed by atoms with van der Waals surface area (Å²) in [6.45, 7) is 13.7. The maximum atomic E-state index is 14.4. The van der Waals surface area contributed by atoms with Gasteiger partial charge < -0.3 is 39.4 Å². The smallest absolute Gasteiger partial charge is 0.408 e. The fraction of sp³-hybridized carbons (Fsp3) is 0.634. The zero-order valence-corrected chi connectivity index (χ0v) is 32.8. The number of fused-ring (bicyclic) bond motifs is 2. The van der Waals surface area contributed by atoms with Gasteiger partial charge >= 0.3 is 12.1 Å². The molecule has 2 aromatic rings. The van der Waals surface area contributed by atoms with E-state index >= 15 is 0 Å². The molecule has 0 aliphatic carbocycles. The first-order valence-corrected chi connectivity index (χ1v) is 19.0. The highest BCUT2D eigenvalue weighted by atomic mass is 16.7. The molecule has 296 valence electrons. The van der Waals surface area contributed by atoms with Crippen molar-refractivity contribution < 1.29 is 48.0 Å². The first-order chi connectivity index (χ1) is 25.5.